The first-order chi connectivity index (χ1) is 15.2. The molecule has 33 heavy (non-hydrogen) atoms. The van der Waals surface area contributed by atoms with Crippen LogP contribution in [0.25, 0.3) is 0 Å². The van der Waals surface area contributed by atoms with Gasteiger partial charge in [-0.05, 0) is 39.6 Å². The van der Waals surface area contributed by atoms with Crippen LogP contribution in [0.3, 0.4) is 0 Å². The minimum absolute atomic E-state index is 0.0124. The lowest BCUT2D eigenvalue weighted by molar-refractivity contribution is -0.188. The van der Waals surface area contributed by atoms with Gasteiger partial charge in [0.2, 0.25) is 5.91 Å². The number of aromatic hydroxyl groups is 1. The number of halogens is 1. The van der Waals surface area contributed by atoms with Crippen LogP contribution in [-0.2, 0) is 24.8 Å². The number of phenolic OH excluding ortho intramolecular Hbond substituents is 1. The van der Waals surface area contributed by atoms with Crippen molar-refractivity contribution in [3.8, 4) is 5.75 Å². The zero-order valence-corrected chi connectivity index (χ0v) is 18.8. The number of fused-ring (bicyclic) bond motifs is 3. The molecule has 0 aliphatic heterocycles. The minimum atomic E-state index is -2.86. The van der Waals surface area contributed by atoms with Crippen LogP contribution in [0.1, 0.15) is 29.3 Å². The SMILES string of the molecule is CN(C)[C@@H]1C(=O)C(C(N)=O)C(=O)[C@@]2(O)C(=O)C3C(=O)c4c(O)ccc(Cl)c4[C@@](C)(O)[C@H]3CC12. The number of likely N-dealkylation sites (N-methyl/N-ethyl adjacent to an activating group) is 1. The van der Waals surface area contributed by atoms with Gasteiger partial charge in [0.15, 0.2) is 34.7 Å². The molecule has 0 bridgehead atoms. The van der Waals surface area contributed by atoms with Gasteiger partial charge in [0.25, 0.3) is 0 Å². The van der Waals surface area contributed by atoms with E-state index in [-0.39, 0.29) is 22.6 Å². The molecule has 176 valence electrons. The maximum absolute atomic E-state index is 13.7. The average Bonchev–Trinajstić information content (AvgIpc) is 2.69. The topological polar surface area (TPSA) is 175 Å². The molecule has 7 atom stereocenters. The Hall–Kier alpha value is -2.66. The first-order valence-electron chi connectivity index (χ1n) is 10.3. The molecule has 0 spiro atoms. The Morgan fingerprint density at radius 3 is 2.27 bits per heavy atom. The van der Waals surface area contributed by atoms with Gasteiger partial charge < -0.3 is 21.1 Å². The number of hydrogen-bond acceptors (Lipinski definition) is 9. The van der Waals surface area contributed by atoms with E-state index in [9.17, 15) is 39.3 Å². The molecule has 11 heteroatoms. The molecule has 0 saturated heterocycles. The molecule has 2 saturated carbocycles. The molecule has 10 nitrogen and oxygen atoms in total. The fourth-order valence-corrected chi connectivity index (χ4v) is 6.30. The highest BCUT2D eigenvalue weighted by molar-refractivity contribution is 6.34. The monoisotopic (exact) mass is 478 g/mol. The number of aliphatic hydroxyl groups is 2. The van der Waals surface area contributed by atoms with Crippen LogP contribution in [-0.4, -0.2) is 75.0 Å². The van der Waals surface area contributed by atoms with Gasteiger partial charge in [0, 0.05) is 22.4 Å². The van der Waals surface area contributed by atoms with Crippen molar-refractivity contribution in [3.05, 3.63) is 28.3 Å². The van der Waals surface area contributed by atoms with E-state index in [1.54, 1.807) is 0 Å². The van der Waals surface area contributed by atoms with Gasteiger partial charge in [0.1, 0.15) is 5.75 Å². The van der Waals surface area contributed by atoms with E-state index in [4.69, 9.17) is 17.3 Å². The van der Waals surface area contributed by atoms with Crippen molar-refractivity contribution in [2.45, 2.75) is 30.6 Å². The third-order valence-corrected chi connectivity index (χ3v) is 7.75. The predicted molar refractivity (Wildman–Crippen MR) is 112 cm³/mol. The Morgan fingerprint density at radius 2 is 1.73 bits per heavy atom. The third kappa shape index (κ3) is 2.81. The Balaban J connectivity index is 1.97. The second-order valence-corrected chi connectivity index (χ2v) is 9.80. The molecule has 1 amide bonds. The van der Waals surface area contributed by atoms with Crippen molar-refractivity contribution in [1.29, 1.82) is 0 Å². The van der Waals surface area contributed by atoms with Crippen LogP contribution < -0.4 is 5.73 Å². The van der Waals surface area contributed by atoms with E-state index in [0.29, 0.717) is 0 Å². The number of amides is 1. The van der Waals surface area contributed by atoms with Gasteiger partial charge in [-0.1, -0.05) is 11.6 Å². The number of primary amides is 1. The molecule has 2 fully saturated rings. The van der Waals surface area contributed by atoms with Crippen molar-refractivity contribution < 1.29 is 39.3 Å². The summed E-state index contributed by atoms with van der Waals surface area (Å²) in [4.78, 5) is 66.6. The number of hydrogen-bond donors (Lipinski definition) is 4. The van der Waals surface area contributed by atoms with E-state index in [0.717, 1.165) is 6.07 Å². The smallest absolute Gasteiger partial charge is 0.235 e. The number of ketones is 4. The third-order valence-electron chi connectivity index (χ3n) is 7.43. The summed E-state index contributed by atoms with van der Waals surface area (Å²) in [7, 11) is 2.95. The van der Waals surface area contributed by atoms with Crippen molar-refractivity contribution in [1.82, 2.24) is 4.90 Å². The molecule has 0 heterocycles. The normalized spacial score (nSPS) is 38.1. The number of phenols is 1. The zero-order valence-electron chi connectivity index (χ0n) is 18.0. The minimum Gasteiger partial charge on any atom is -0.507 e. The molecule has 3 aliphatic carbocycles. The molecule has 0 radical (unpaired) electrons. The number of carbonyl (C=O) groups is 5. The highest BCUT2D eigenvalue weighted by Gasteiger charge is 2.71. The van der Waals surface area contributed by atoms with Crippen molar-refractivity contribution in [3.63, 3.8) is 0 Å². The summed E-state index contributed by atoms with van der Waals surface area (Å²) < 4.78 is 0. The van der Waals surface area contributed by atoms with Crippen molar-refractivity contribution in [2.75, 3.05) is 14.1 Å². The van der Waals surface area contributed by atoms with E-state index < -0.39 is 75.7 Å². The second kappa shape index (κ2) is 7.17. The maximum Gasteiger partial charge on any atom is 0.235 e. The van der Waals surface area contributed by atoms with E-state index in [2.05, 4.69) is 0 Å². The molecule has 4 rings (SSSR count). The average molecular weight is 479 g/mol. The zero-order chi connectivity index (χ0) is 24.8. The Labute approximate surface area is 193 Å². The van der Waals surface area contributed by atoms with E-state index >= 15 is 0 Å². The number of rotatable bonds is 2. The van der Waals surface area contributed by atoms with Crippen LogP contribution in [0.4, 0.5) is 0 Å². The number of Topliss-reactive ketones (excluding diaryl/α,β-unsaturated/α-hetero) is 4. The highest BCUT2D eigenvalue weighted by atomic mass is 35.5. The molecule has 5 N–H and O–H groups in total. The molecular weight excluding hydrogens is 456 g/mol. The summed E-state index contributed by atoms with van der Waals surface area (Å²) >= 11 is 6.25. The number of carbonyl (C=O) groups excluding carboxylic acids is 5. The molecule has 1 aromatic carbocycles. The molecule has 3 aliphatic rings. The molecule has 3 unspecified atom stereocenters. The largest absolute Gasteiger partial charge is 0.507 e. The van der Waals surface area contributed by atoms with Crippen LogP contribution in [0.5, 0.6) is 5.75 Å². The fraction of sp³-hybridized carbons (Fsp3) is 0.500. The molecule has 0 aromatic heterocycles. The fourth-order valence-electron chi connectivity index (χ4n) is 5.95. The highest BCUT2D eigenvalue weighted by Crippen LogP contribution is 2.56. The van der Waals surface area contributed by atoms with Gasteiger partial charge >= 0.3 is 0 Å². The summed E-state index contributed by atoms with van der Waals surface area (Å²) in [6.07, 6.45) is -0.289. The lowest BCUT2D eigenvalue weighted by Crippen LogP contribution is -2.75. The predicted octanol–water partition coefficient (Wildman–Crippen LogP) is -0.815. The summed E-state index contributed by atoms with van der Waals surface area (Å²) in [5, 5.41) is 33.3. The maximum atomic E-state index is 13.7. The lowest BCUT2D eigenvalue weighted by Gasteiger charge is -2.55. The second-order valence-electron chi connectivity index (χ2n) is 9.40. The first kappa shape index (κ1) is 23.5. The van der Waals surface area contributed by atoms with Gasteiger partial charge in [-0.2, -0.15) is 0 Å². The summed E-state index contributed by atoms with van der Waals surface area (Å²) in [5.74, 6) is -12.5. The van der Waals surface area contributed by atoms with Gasteiger partial charge in [-0.15, -0.1) is 0 Å². The first-order valence-corrected chi connectivity index (χ1v) is 10.7. The Morgan fingerprint density at radius 1 is 1.12 bits per heavy atom. The quantitative estimate of drug-likeness (QED) is 0.396. The summed E-state index contributed by atoms with van der Waals surface area (Å²) in [5.41, 5.74) is 0.0293. The van der Waals surface area contributed by atoms with Crippen LogP contribution in [0, 0.1) is 23.7 Å². The summed E-state index contributed by atoms with van der Waals surface area (Å²) in [6.45, 7) is 1.32. The van der Waals surface area contributed by atoms with Crippen LogP contribution in [0.15, 0.2) is 12.1 Å². The van der Waals surface area contributed by atoms with Crippen molar-refractivity contribution in [2.24, 2.45) is 29.4 Å². The molecule has 1 aromatic rings. The van der Waals surface area contributed by atoms with Crippen LogP contribution >= 0.6 is 11.6 Å². The van der Waals surface area contributed by atoms with Crippen LogP contribution in [0.2, 0.25) is 5.02 Å². The number of nitrogens with two attached hydrogens (primary N) is 1. The van der Waals surface area contributed by atoms with Gasteiger partial charge in [0.05, 0.1) is 23.1 Å². The van der Waals surface area contributed by atoms with E-state index in [1.807, 2.05) is 0 Å². The summed E-state index contributed by atoms with van der Waals surface area (Å²) in [6, 6.07) is 1.17. The van der Waals surface area contributed by atoms with Crippen molar-refractivity contribution >= 4 is 40.6 Å². The lowest BCUT2D eigenvalue weighted by atomic mass is 9.49. The van der Waals surface area contributed by atoms with E-state index in [1.165, 1.54) is 32.0 Å². The Kier molecular flexibility index (Phi) is 5.10. The Bertz CT molecular complexity index is 1150. The number of nitrogens with zero attached hydrogens (tertiary/aromatic N) is 1. The number of benzene rings is 1. The standard InChI is InChI=1S/C22H23ClN2O8/c1-21(32)7-6-8-15(25(2)3)17(28)13(20(24)31)19(30)22(8,33)18(29)11(7)16(27)12-10(26)5-4-9(23)14(12)21/h4-5,7-8,11,13,15,26,32-33H,6H2,1-3H3,(H2,24,31)/t7-,8?,11?,13?,15-,21-,22-/m0/s1. The van der Waals surface area contributed by atoms with Gasteiger partial charge in [-0.3, -0.25) is 28.9 Å². The van der Waals surface area contributed by atoms with Gasteiger partial charge in [-0.25, -0.2) is 0 Å². The molecular formula is C22H23ClN2O8.